The molecular formula is C16H11AgN5O. The average molecular weight is 397 g/mol. The molecule has 4 aromatic rings. The van der Waals surface area contributed by atoms with Gasteiger partial charge in [-0.2, -0.15) is 5.11 Å². The van der Waals surface area contributed by atoms with Gasteiger partial charge in [-0.25, -0.2) is 0 Å². The van der Waals surface area contributed by atoms with Crippen LogP contribution in [0.15, 0.2) is 64.8 Å². The zero-order valence-corrected chi connectivity index (χ0v) is 13.2. The molecule has 117 valence electrons. The van der Waals surface area contributed by atoms with Crippen LogP contribution in [-0.2, 0) is 22.4 Å². The van der Waals surface area contributed by atoms with Gasteiger partial charge in [0.25, 0.3) is 0 Å². The van der Waals surface area contributed by atoms with E-state index in [9.17, 15) is 5.11 Å². The second kappa shape index (κ2) is 6.29. The molecule has 6 nitrogen and oxygen atoms in total. The summed E-state index contributed by atoms with van der Waals surface area (Å²) in [6.07, 6.45) is 0. The number of rotatable bonds is 2. The van der Waals surface area contributed by atoms with Gasteiger partial charge in [0.05, 0.1) is 11.2 Å². The zero-order valence-electron chi connectivity index (χ0n) is 11.7. The minimum absolute atomic E-state index is 0. The van der Waals surface area contributed by atoms with Gasteiger partial charge < -0.3 is 5.11 Å². The second-order valence-corrected chi connectivity index (χ2v) is 4.87. The number of phenolic OH excluding ortho intramolecular Hbond substituents is 1. The summed E-state index contributed by atoms with van der Waals surface area (Å²) in [5.74, 6) is 0.102. The second-order valence-electron chi connectivity index (χ2n) is 4.87. The molecule has 0 amide bonds. The van der Waals surface area contributed by atoms with Crippen LogP contribution in [0.5, 0.6) is 5.75 Å². The number of aromatic hydroxyl groups is 1. The van der Waals surface area contributed by atoms with Crippen molar-refractivity contribution in [2.45, 2.75) is 0 Å². The third-order valence-electron chi connectivity index (χ3n) is 3.45. The number of hydrogen-bond donors (Lipinski definition) is 2. The van der Waals surface area contributed by atoms with Crippen LogP contribution >= 0.6 is 0 Å². The first-order valence-corrected chi connectivity index (χ1v) is 6.74. The van der Waals surface area contributed by atoms with Crippen LogP contribution < -0.4 is 0 Å². The number of azo groups is 1. The van der Waals surface area contributed by atoms with Crippen molar-refractivity contribution in [3.8, 4) is 5.75 Å². The molecule has 4 rings (SSSR count). The van der Waals surface area contributed by atoms with Crippen molar-refractivity contribution in [1.29, 1.82) is 0 Å². The van der Waals surface area contributed by atoms with E-state index in [-0.39, 0.29) is 28.1 Å². The molecule has 2 N–H and O–H groups in total. The molecule has 0 aliphatic heterocycles. The van der Waals surface area contributed by atoms with Gasteiger partial charge in [-0.3, -0.25) is 5.10 Å². The number of aromatic nitrogens is 3. The Hall–Kier alpha value is -2.54. The fraction of sp³-hybridized carbons (Fsp3) is 0. The molecule has 0 unspecified atom stereocenters. The maximum atomic E-state index is 10.0. The minimum atomic E-state index is 0. The molecule has 1 aromatic heterocycles. The molecular weight excluding hydrogens is 386 g/mol. The molecule has 0 saturated carbocycles. The molecule has 1 radical (unpaired) electrons. The Labute approximate surface area is 146 Å². The van der Waals surface area contributed by atoms with E-state index in [4.69, 9.17) is 0 Å². The Kier molecular flexibility index (Phi) is 4.20. The molecule has 0 aliphatic rings. The summed E-state index contributed by atoms with van der Waals surface area (Å²) in [4.78, 5) is 0. The van der Waals surface area contributed by atoms with E-state index < -0.39 is 0 Å². The predicted octanol–water partition coefficient (Wildman–Crippen LogP) is 4.23. The van der Waals surface area contributed by atoms with Crippen molar-refractivity contribution < 1.29 is 27.5 Å². The van der Waals surface area contributed by atoms with Crippen molar-refractivity contribution in [3.05, 3.63) is 54.6 Å². The van der Waals surface area contributed by atoms with Gasteiger partial charge in [0.2, 0.25) is 0 Å². The number of hydrogen-bond acceptors (Lipinski definition) is 5. The Morgan fingerprint density at radius 1 is 0.957 bits per heavy atom. The molecule has 7 heteroatoms. The first kappa shape index (κ1) is 15.4. The summed E-state index contributed by atoms with van der Waals surface area (Å²) < 4.78 is 0. The summed E-state index contributed by atoms with van der Waals surface area (Å²) in [5, 5.41) is 30.8. The normalized spacial score (nSPS) is 11.1. The summed E-state index contributed by atoms with van der Waals surface area (Å²) in [5.41, 5.74) is 2.66. The molecule has 0 fully saturated rings. The number of H-pyrrole nitrogens is 1. The molecule has 0 bridgehead atoms. The van der Waals surface area contributed by atoms with Gasteiger partial charge in [-0.15, -0.1) is 10.2 Å². The van der Waals surface area contributed by atoms with Gasteiger partial charge in [-0.1, -0.05) is 35.5 Å². The van der Waals surface area contributed by atoms with E-state index in [0.29, 0.717) is 11.4 Å². The van der Waals surface area contributed by atoms with Crippen LogP contribution in [0.3, 0.4) is 0 Å². The summed E-state index contributed by atoms with van der Waals surface area (Å²) in [6, 6.07) is 16.6. The number of aromatic amines is 1. The quantitative estimate of drug-likeness (QED) is 0.392. The SMILES string of the molecule is Oc1ccc2ccccc2c1/N=N/c1ccc2[nH]nnc2c1.[Ag]. The first-order valence-electron chi connectivity index (χ1n) is 6.74. The summed E-state index contributed by atoms with van der Waals surface area (Å²) in [6.45, 7) is 0. The Morgan fingerprint density at radius 3 is 2.74 bits per heavy atom. The number of phenols is 1. The van der Waals surface area contributed by atoms with Gasteiger partial charge in [0.1, 0.15) is 17.0 Å². The number of fused-ring (bicyclic) bond motifs is 2. The molecule has 0 spiro atoms. The molecule has 3 aromatic carbocycles. The van der Waals surface area contributed by atoms with Crippen molar-refractivity contribution in [2.75, 3.05) is 0 Å². The van der Waals surface area contributed by atoms with Gasteiger partial charge in [0.15, 0.2) is 0 Å². The van der Waals surface area contributed by atoms with E-state index in [2.05, 4.69) is 25.6 Å². The van der Waals surface area contributed by atoms with Crippen LogP contribution in [-0.4, -0.2) is 20.5 Å². The van der Waals surface area contributed by atoms with Crippen molar-refractivity contribution in [1.82, 2.24) is 15.4 Å². The minimum Gasteiger partial charge on any atom is -0.506 e. The molecule has 0 aliphatic carbocycles. The Bertz CT molecular complexity index is 1010. The third kappa shape index (κ3) is 2.87. The molecule has 23 heavy (non-hydrogen) atoms. The predicted molar refractivity (Wildman–Crippen MR) is 83.7 cm³/mol. The number of nitrogens with zero attached hydrogens (tertiary/aromatic N) is 4. The van der Waals surface area contributed by atoms with Crippen LogP contribution in [0.25, 0.3) is 21.8 Å². The Morgan fingerprint density at radius 2 is 1.83 bits per heavy atom. The van der Waals surface area contributed by atoms with Gasteiger partial charge in [-0.05, 0) is 29.7 Å². The number of benzene rings is 3. The van der Waals surface area contributed by atoms with Crippen LogP contribution in [0.2, 0.25) is 0 Å². The monoisotopic (exact) mass is 396 g/mol. The first-order chi connectivity index (χ1) is 10.8. The maximum absolute atomic E-state index is 10.0. The van der Waals surface area contributed by atoms with E-state index in [1.165, 1.54) is 0 Å². The zero-order chi connectivity index (χ0) is 14.9. The van der Waals surface area contributed by atoms with E-state index in [1.54, 1.807) is 12.1 Å². The van der Waals surface area contributed by atoms with Crippen molar-refractivity contribution in [3.63, 3.8) is 0 Å². The van der Waals surface area contributed by atoms with Crippen LogP contribution in [0, 0.1) is 0 Å². The molecule has 0 saturated heterocycles. The van der Waals surface area contributed by atoms with E-state index in [1.807, 2.05) is 42.5 Å². The van der Waals surface area contributed by atoms with Crippen molar-refractivity contribution in [2.24, 2.45) is 10.2 Å². The summed E-state index contributed by atoms with van der Waals surface area (Å²) >= 11 is 0. The standard InChI is InChI=1S/C16H11N5O.Ag/c22-15-8-5-10-3-1-2-4-12(10)16(15)20-17-11-6-7-13-14(9-11)19-21-18-13;/h1-9,22H,(H,18,19,21);/b20-17+;. The smallest absolute Gasteiger partial charge is 0.143 e. The molecule has 1 heterocycles. The van der Waals surface area contributed by atoms with Crippen molar-refractivity contribution >= 4 is 33.2 Å². The van der Waals surface area contributed by atoms with Crippen LogP contribution in [0.4, 0.5) is 11.4 Å². The molecule has 0 atom stereocenters. The fourth-order valence-electron chi connectivity index (χ4n) is 2.35. The topological polar surface area (TPSA) is 86.5 Å². The van der Waals surface area contributed by atoms with E-state index >= 15 is 0 Å². The van der Waals surface area contributed by atoms with Gasteiger partial charge in [0, 0.05) is 27.8 Å². The largest absolute Gasteiger partial charge is 0.506 e. The Balaban J connectivity index is 0.00000156. The third-order valence-corrected chi connectivity index (χ3v) is 3.45. The maximum Gasteiger partial charge on any atom is 0.143 e. The summed E-state index contributed by atoms with van der Waals surface area (Å²) in [7, 11) is 0. The number of nitrogens with one attached hydrogen (secondary N) is 1. The fourth-order valence-corrected chi connectivity index (χ4v) is 2.35. The van der Waals surface area contributed by atoms with Crippen LogP contribution in [0.1, 0.15) is 0 Å². The van der Waals surface area contributed by atoms with E-state index in [0.717, 1.165) is 21.8 Å². The average Bonchev–Trinajstić information content (AvgIpc) is 3.01. The van der Waals surface area contributed by atoms with Gasteiger partial charge >= 0.3 is 0 Å².